The second kappa shape index (κ2) is 6.41. The van der Waals surface area contributed by atoms with E-state index in [1.807, 2.05) is 5.38 Å². The average molecular weight is 318 g/mol. The predicted molar refractivity (Wildman–Crippen MR) is 83.9 cm³/mol. The van der Waals surface area contributed by atoms with E-state index in [4.69, 9.17) is 0 Å². The number of aromatic nitrogens is 1. The van der Waals surface area contributed by atoms with E-state index in [1.165, 1.54) is 4.90 Å². The molecule has 1 aliphatic heterocycles. The van der Waals surface area contributed by atoms with Crippen molar-refractivity contribution in [3.05, 3.63) is 47.0 Å². The summed E-state index contributed by atoms with van der Waals surface area (Å²) >= 11 is 3.35. The summed E-state index contributed by atoms with van der Waals surface area (Å²) in [7, 11) is 0. The number of fused-ring (bicyclic) bond motifs is 1. The van der Waals surface area contributed by atoms with Crippen LogP contribution < -0.4 is 0 Å². The third-order valence-electron chi connectivity index (χ3n) is 3.29. The number of amides is 2. The summed E-state index contributed by atoms with van der Waals surface area (Å²) in [5.41, 5.74) is 1.05. The number of carbonyl (C=O) groups excluding carboxylic acids is 2. The molecule has 0 saturated carbocycles. The number of hydrogen-bond donors (Lipinski definition) is 0. The lowest BCUT2D eigenvalue weighted by Gasteiger charge is -2.13. The van der Waals surface area contributed by atoms with Gasteiger partial charge in [-0.2, -0.15) is 0 Å². The first-order chi connectivity index (χ1) is 10.3. The molecule has 108 valence electrons. The molecule has 0 spiro atoms. The van der Waals surface area contributed by atoms with Gasteiger partial charge < -0.3 is 0 Å². The zero-order chi connectivity index (χ0) is 14.7. The van der Waals surface area contributed by atoms with Crippen LogP contribution in [0.25, 0.3) is 0 Å². The van der Waals surface area contributed by atoms with Crippen LogP contribution in [0.1, 0.15) is 33.6 Å². The van der Waals surface area contributed by atoms with Gasteiger partial charge in [0.15, 0.2) is 0 Å². The standard InChI is InChI=1S/C15H14N2O2S2/c18-13-11-5-1-2-6-12(11)14(19)17(13)8-3-4-9-20-15-16-7-10-21-15/h1-2,5-7,10H,3-4,8-9H2. The van der Waals surface area contributed by atoms with Crippen LogP contribution in [0.3, 0.4) is 0 Å². The van der Waals surface area contributed by atoms with Crippen molar-refractivity contribution < 1.29 is 9.59 Å². The Morgan fingerprint density at radius 1 is 1.10 bits per heavy atom. The van der Waals surface area contributed by atoms with Gasteiger partial charge in [-0.05, 0) is 25.0 Å². The number of thiazole rings is 1. The molecule has 21 heavy (non-hydrogen) atoms. The summed E-state index contributed by atoms with van der Waals surface area (Å²) < 4.78 is 1.07. The summed E-state index contributed by atoms with van der Waals surface area (Å²) in [6.07, 6.45) is 3.58. The SMILES string of the molecule is O=C1c2ccccc2C(=O)N1CCCCSc1nccs1. The van der Waals surface area contributed by atoms with Crippen molar-refractivity contribution in [3.8, 4) is 0 Å². The molecule has 0 fully saturated rings. The maximum absolute atomic E-state index is 12.1. The molecule has 1 aromatic carbocycles. The first-order valence-electron chi connectivity index (χ1n) is 6.75. The van der Waals surface area contributed by atoms with Gasteiger partial charge in [-0.25, -0.2) is 4.98 Å². The largest absolute Gasteiger partial charge is 0.274 e. The molecule has 3 rings (SSSR count). The molecular formula is C15H14N2O2S2. The van der Waals surface area contributed by atoms with Crippen molar-refractivity contribution >= 4 is 34.9 Å². The molecule has 0 atom stereocenters. The maximum atomic E-state index is 12.1. The Labute approximate surface area is 131 Å². The Kier molecular flexibility index (Phi) is 4.36. The van der Waals surface area contributed by atoms with E-state index in [2.05, 4.69) is 4.98 Å². The summed E-state index contributed by atoms with van der Waals surface area (Å²) in [6.45, 7) is 0.491. The van der Waals surface area contributed by atoms with E-state index in [0.717, 1.165) is 22.9 Å². The highest BCUT2D eigenvalue weighted by molar-refractivity contribution is 8.00. The van der Waals surface area contributed by atoms with Gasteiger partial charge >= 0.3 is 0 Å². The lowest BCUT2D eigenvalue weighted by Crippen LogP contribution is -2.30. The Hall–Kier alpha value is -1.66. The highest BCUT2D eigenvalue weighted by Crippen LogP contribution is 2.24. The van der Waals surface area contributed by atoms with Crippen LogP contribution in [0.15, 0.2) is 40.2 Å². The predicted octanol–water partition coefficient (Wildman–Crippen LogP) is 3.31. The molecule has 0 aliphatic carbocycles. The van der Waals surface area contributed by atoms with E-state index in [9.17, 15) is 9.59 Å². The van der Waals surface area contributed by atoms with Gasteiger partial charge in [0.25, 0.3) is 11.8 Å². The first kappa shape index (κ1) is 14.3. The molecule has 1 aliphatic rings. The smallest absolute Gasteiger partial charge is 0.261 e. The zero-order valence-corrected chi connectivity index (χ0v) is 13.0. The lowest BCUT2D eigenvalue weighted by atomic mass is 10.1. The van der Waals surface area contributed by atoms with Crippen molar-refractivity contribution in [2.24, 2.45) is 0 Å². The van der Waals surface area contributed by atoms with Gasteiger partial charge in [0.05, 0.1) is 11.1 Å². The molecule has 2 heterocycles. The summed E-state index contributed by atoms with van der Waals surface area (Å²) in [5, 5.41) is 1.96. The third-order valence-corrected chi connectivity index (χ3v) is 5.34. The third kappa shape index (κ3) is 3.01. The molecule has 0 bridgehead atoms. The second-order valence-corrected chi connectivity index (χ2v) is 6.90. The summed E-state index contributed by atoms with van der Waals surface area (Å²) in [6, 6.07) is 7.01. The van der Waals surface area contributed by atoms with Crippen LogP contribution in [-0.2, 0) is 0 Å². The average Bonchev–Trinajstić information content (AvgIpc) is 3.10. The number of nitrogens with zero attached hydrogens (tertiary/aromatic N) is 2. The highest BCUT2D eigenvalue weighted by Gasteiger charge is 2.34. The van der Waals surface area contributed by atoms with Gasteiger partial charge in [0, 0.05) is 23.9 Å². The van der Waals surface area contributed by atoms with E-state index < -0.39 is 0 Å². The molecule has 2 aromatic rings. The molecule has 0 unspecified atom stereocenters. The van der Waals surface area contributed by atoms with Gasteiger partial charge in [-0.1, -0.05) is 23.9 Å². The fraction of sp³-hybridized carbons (Fsp3) is 0.267. The number of thioether (sulfide) groups is 1. The Morgan fingerprint density at radius 3 is 2.43 bits per heavy atom. The van der Waals surface area contributed by atoms with E-state index in [1.54, 1.807) is 53.6 Å². The lowest BCUT2D eigenvalue weighted by molar-refractivity contribution is 0.0652. The number of unbranched alkanes of at least 4 members (excludes halogenated alkanes) is 1. The number of hydrogen-bond acceptors (Lipinski definition) is 5. The van der Waals surface area contributed by atoms with Crippen molar-refractivity contribution in [2.45, 2.75) is 17.2 Å². The molecule has 6 heteroatoms. The van der Waals surface area contributed by atoms with Gasteiger partial charge in [-0.15, -0.1) is 11.3 Å². The monoisotopic (exact) mass is 318 g/mol. The van der Waals surface area contributed by atoms with E-state index >= 15 is 0 Å². The minimum Gasteiger partial charge on any atom is -0.274 e. The van der Waals surface area contributed by atoms with Gasteiger partial charge in [-0.3, -0.25) is 14.5 Å². The molecule has 0 N–H and O–H groups in total. The number of rotatable bonds is 6. The Bertz CT molecular complexity index is 620. The first-order valence-corrected chi connectivity index (χ1v) is 8.61. The number of imide groups is 1. The Balaban J connectivity index is 1.48. The maximum Gasteiger partial charge on any atom is 0.261 e. The second-order valence-electron chi connectivity index (χ2n) is 4.66. The quantitative estimate of drug-likeness (QED) is 0.466. The molecule has 1 aromatic heterocycles. The van der Waals surface area contributed by atoms with Crippen LogP contribution in [0.2, 0.25) is 0 Å². The van der Waals surface area contributed by atoms with Crippen LogP contribution in [-0.4, -0.2) is 34.0 Å². The van der Waals surface area contributed by atoms with Crippen LogP contribution >= 0.6 is 23.1 Å². The van der Waals surface area contributed by atoms with Crippen molar-refractivity contribution in [1.29, 1.82) is 0 Å². The van der Waals surface area contributed by atoms with E-state index in [0.29, 0.717) is 17.7 Å². The number of benzene rings is 1. The molecule has 4 nitrogen and oxygen atoms in total. The topological polar surface area (TPSA) is 50.3 Å². The highest BCUT2D eigenvalue weighted by atomic mass is 32.2. The van der Waals surface area contributed by atoms with Gasteiger partial charge in [0.1, 0.15) is 4.34 Å². The fourth-order valence-corrected chi connectivity index (χ4v) is 3.96. The number of carbonyl (C=O) groups is 2. The van der Waals surface area contributed by atoms with Crippen molar-refractivity contribution in [2.75, 3.05) is 12.3 Å². The minimum atomic E-state index is -0.164. The Morgan fingerprint density at radius 2 is 1.81 bits per heavy atom. The van der Waals surface area contributed by atoms with Crippen LogP contribution in [0.4, 0.5) is 0 Å². The molecule has 0 radical (unpaired) electrons. The van der Waals surface area contributed by atoms with E-state index in [-0.39, 0.29) is 11.8 Å². The molecule has 2 amide bonds. The molecular weight excluding hydrogens is 304 g/mol. The van der Waals surface area contributed by atoms with Crippen LogP contribution in [0.5, 0.6) is 0 Å². The fourth-order valence-electron chi connectivity index (χ4n) is 2.26. The minimum absolute atomic E-state index is 0.164. The summed E-state index contributed by atoms with van der Waals surface area (Å²) in [5.74, 6) is 0.628. The molecule has 0 saturated heterocycles. The summed E-state index contributed by atoms with van der Waals surface area (Å²) in [4.78, 5) is 29.9. The normalized spacial score (nSPS) is 13.8. The zero-order valence-electron chi connectivity index (χ0n) is 11.3. The van der Waals surface area contributed by atoms with Crippen molar-refractivity contribution in [1.82, 2.24) is 9.88 Å². The van der Waals surface area contributed by atoms with Gasteiger partial charge in [0.2, 0.25) is 0 Å². The van der Waals surface area contributed by atoms with Crippen LogP contribution in [0, 0.1) is 0 Å². The van der Waals surface area contributed by atoms with Crippen molar-refractivity contribution in [3.63, 3.8) is 0 Å².